The van der Waals surface area contributed by atoms with Gasteiger partial charge >= 0.3 is 5.97 Å². The van der Waals surface area contributed by atoms with Crippen LogP contribution in [0.4, 0.5) is 0 Å². The van der Waals surface area contributed by atoms with Crippen LogP contribution in [0, 0.1) is 20.8 Å². The van der Waals surface area contributed by atoms with Crippen LogP contribution in [0.1, 0.15) is 48.1 Å². The largest absolute Gasteiger partial charge is 0.469 e. The van der Waals surface area contributed by atoms with E-state index in [0.717, 1.165) is 29.7 Å². The van der Waals surface area contributed by atoms with Crippen molar-refractivity contribution in [2.24, 2.45) is 0 Å². The van der Waals surface area contributed by atoms with E-state index in [1.165, 1.54) is 12.7 Å². The van der Waals surface area contributed by atoms with Crippen LogP contribution in [0.15, 0.2) is 12.1 Å². The third-order valence-corrected chi connectivity index (χ3v) is 3.69. The molecule has 4 nitrogen and oxygen atoms in total. The van der Waals surface area contributed by atoms with Gasteiger partial charge in [0.25, 0.3) is 0 Å². The first-order chi connectivity index (χ1) is 9.90. The molecule has 1 aromatic rings. The fourth-order valence-electron chi connectivity index (χ4n) is 2.75. The minimum atomic E-state index is -0.726. The summed E-state index contributed by atoms with van der Waals surface area (Å²) < 4.78 is 4.74. The van der Waals surface area contributed by atoms with Gasteiger partial charge in [0.05, 0.1) is 19.6 Å². The molecule has 2 atom stereocenters. The lowest BCUT2D eigenvalue weighted by Gasteiger charge is -2.26. The summed E-state index contributed by atoms with van der Waals surface area (Å²) in [5.41, 5.74) is 4.17. The van der Waals surface area contributed by atoms with Gasteiger partial charge in [-0.1, -0.05) is 24.6 Å². The lowest BCUT2D eigenvalue weighted by atomic mass is 9.90. The highest BCUT2D eigenvalue weighted by molar-refractivity contribution is 5.70. The molecule has 0 radical (unpaired) electrons. The summed E-state index contributed by atoms with van der Waals surface area (Å²) >= 11 is 0. The number of carbonyl (C=O) groups is 1. The van der Waals surface area contributed by atoms with Crippen LogP contribution in [0.5, 0.6) is 0 Å². The molecular formula is C17H27NO3. The van der Waals surface area contributed by atoms with Crippen molar-refractivity contribution in [2.45, 2.75) is 52.7 Å². The summed E-state index contributed by atoms with van der Waals surface area (Å²) in [6, 6.07) is 3.78. The monoisotopic (exact) mass is 293 g/mol. The maximum Gasteiger partial charge on any atom is 0.307 e. The number of nitrogens with one attached hydrogen (secondary N) is 1. The summed E-state index contributed by atoms with van der Waals surface area (Å²) in [6.45, 7) is 8.83. The molecule has 0 aromatic heterocycles. The molecule has 0 spiro atoms. The first kappa shape index (κ1) is 17.7. The molecule has 2 unspecified atom stereocenters. The number of esters is 1. The second kappa shape index (κ2) is 8.15. The number of rotatable bonds is 7. The average molecular weight is 293 g/mol. The number of hydrogen-bond donors (Lipinski definition) is 2. The fourth-order valence-corrected chi connectivity index (χ4v) is 2.75. The van der Waals surface area contributed by atoms with Crippen LogP contribution < -0.4 is 5.32 Å². The number of hydrogen-bond acceptors (Lipinski definition) is 4. The summed E-state index contributed by atoms with van der Waals surface area (Å²) in [5.74, 6) is -0.315. The van der Waals surface area contributed by atoms with Gasteiger partial charge in [-0.3, -0.25) is 4.79 Å². The molecule has 0 aliphatic carbocycles. The number of methoxy groups -OCH3 is 1. The zero-order valence-corrected chi connectivity index (χ0v) is 13.7. The number of benzene rings is 1. The van der Waals surface area contributed by atoms with Crippen LogP contribution in [0.25, 0.3) is 0 Å². The van der Waals surface area contributed by atoms with Crippen molar-refractivity contribution in [3.8, 4) is 0 Å². The van der Waals surface area contributed by atoms with Gasteiger partial charge in [-0.2, -0.15) is 0 Å². The van der Waals surface area contributed by atoms with Crippen LogP contribution in [-0.4, -0.2) is 30.8 Å². The van der Waals surface area contributed by atoms with Crippen molar-refractivity contribution in [1.29, 1.82) is 0 Å². The van der Waals surface area contributed by atoms with Gasteiger partial charge in [-0.05, 0) is 50.4 Å². The summed E-state index contributed by atoms with van der Waals surface area (Å²) in [5, 5.41) is 14.0. The maximum atomic E-state index is 11.6. The van der Waals surface area contributed by atoms with Crippen molar-refractivity contribution in [3.63, 3.8) is 0 Å². The molecule has 0 bridgehead atoms. The molecule has 118 valence electrons. The van der Waals surface area contributed by atoms with E-state index in [4.69, 9.17) is 4.74 Å². The highest BCUT2D eigenvalue weighted by atomic mass is 16.5. The SMILES string of the molecule is CCCNC(CC(=O)OC)C(O)c1c(C)cc(C)cc1C. The molecule has 0 aliphatic rings. The standard InChI is InChI=1S/C17H27NO3/c1-6-7-18-14(10-15(19)21-5)17(20)16-12(3)8-11(2)9-13(16)4/h8-9,14,17-18,20H,6-7,10H2,1-5H3. The predicted molar refractivity (Wildman–Crippen MR) is 84.3 cm³/mol. The molecule has 4 heteroatoms. The van der Waals surface area contributed by atoms with E-state index in [-0.39, 0.29) is 18.4 Å². The van der Waals surface area contributed by atoms with Crippen LogP contribution >= 0.6 is 0 Å². The van der Waals surface area contributed by atoms with Crippen LogP contribution in [0.2, 0.25) is 0 Å². The van der Waals surface area contributed by atoms with Gasteiger partial charge in [0.1, 0.15) is 0 Å². The number of aliphatic hydroxyl groups excluding tert-OH is 1. The van der Waals surface area contributed by atoms with Crippen molar-refractivity contribution < 1.29 is 14.6 Å². The van der Waals surface area contributed by atoms with Gasteiger partial charge < -0.3 is 15.2 Å². The Labute approximate surface area is 127 Å². The van der Waals surface area contributed by atoms with E-state index in [2.05, 4.69) is 24.4 Å². The molecule has 1 aromatic carbocycles. The van der Waals surface area contributed by atoms with E-state index < -0.39 is 6.10 Å². The molecule has 0 saturated heterocycles. The van der Waals surface area contributed by atoms with Crippen LogP contribution in [-0.2, 0) is 9.53 Å². The zero-order valence-electron chi connectivity index (χ0n) is 13.7. The molecule has 0 fully saturated rings. The van der Waals surface area contributed by atoms with E-state index in [1.54, 1.807) is 0 Å². The smallest absolute Gasteiger partial charge is 0.307 e. The highest BCUT2D eigenvalue weighted by Crippen LogP contribution is 2.27. The van der Waals surface area contributed by atoms with Crippen molar-refractivity contribution >= 4 is 5.97 Å². The van der Waals surface area contributed by atoms with E-state index in [1.807, 2.05) is 20.8 Å². The van der Waals surface area contributed by atoms with Crippen molar-refractivity contribution in [2.75, 3.05) is 13.7 Å². The normalized spacial score (nSPS) is 13.8. The Morgan fingerprint density at radius 1 is 1.29 bits per heavy atom. The minimum absolute atomic E-state index is 0.157. The number of aliphatic hydroxyl groups is 1. The maximum absolute atomic E-state index is 11.6. The molecule has 1 rings (SSSR count). The zero-order chi connectivity index (χ0) is 16.0. The lowest BCUT2D eigenvalue weighted by molar-refractivity contribution is -0.142. The van der Waals surface area contributed by atoms with Gasteiger partial charge in [0, 0.05) is 6.04 Å². The third-order valence-electron chi connectivity index (χ3n) is 3.69. The molecular weight excluding hydrogens is 266 g/mol. The molecule has 21 heavy (non-hydrogen) atoms. The quantitative estimate of drug-likeness (QED) is 0.759. The Hall–Kier alpha value is -1.39. The molecule has 2 N–H and O–H groups in total. The number of aryl methyl sites for hydroxylation is 3. The Morgan fingerprint density at radius 2 is 1.86 bits per heavy atom. The van der Waals surface area contributed by atoms with Crippen molar-refractivity contribution in [3.05, 3.63) is 34.4 Å². The highest BCUT2D eigenvalue weighted by Gasteiger charge is 2.26. The first-order valence-corrected chi connectivity index (χ1v) is 7.46. The number of carbonyl (C=O) groups excluding carboxylic acids is 1. The third kappa shape index (κ3) is 4.83. The van der Waals surface area contributed by atoms with Gasteiger partial charge in [0.2, 0.25) is 0 Å². The van der Waals surface area contributed by atoms with Crippen molar-refractivity contribution in [1.82, 2.24) is 5.32 Å². The van der Waals surface area contributed by atoms with E-state index in [0.29, 0.717) is 0 Å². The Bertz CT molecular complexity index is 462. The number of ether oxygens (including phenoxy) is 1. The van der Waals surface area contributed by atoms with Gasteiger partial charge in [-0.25, -0.2) is 0 Å². The molecule has 0 amide bonds. The summed E-state index contributed by atoms with van der Waals surface area (Å²) in [6.07, 6.45) is 0.372. The Balaban J connectivity index is 3.03. The van der Waals surface area contributed by atoms with Crippen LogP contribution in [0.3, 0.4) is 0 Å². The Morgan fingerprint density at radius 3 is 2.33 bits per heavy atom. The fraction of sp³-hybridized carbons (Fsp3) is 0.588. The lowest BCUT2D eigenvalue weighted by Crippen LogP contribution is -2.38. The van der Waals surface area contributed by atoms with E-state index >= 15 is 0 Å². The van der Waals surface area contributed by atoms with Gasteiger partial charge in [-0.15, -0.1) is 0 Å². The molecule has 0 aliphatic heterocycles. The molecule has 0 saturated carbocycles. The average Bonchev–Trinajstić information content (AvgIpc) is 2.41. The predicted octanol–water partition coefficient (Wildman–Crippen LogP) is 2.58. The second-order valence-corrected chi connectivity index (χ2v) is 5.60. The van der Waals surface area contributed by atoms with Gasteiger partial charge in [0.15, 0.2) is 0 Å². The molecule has 0 heterocycles. The second-order valence-electron chi connectivity index (χ2n) is 5.60. The van der Waals surface area contributed by atoms with E-state index in [9.17, 15) is 9.90 Å². The summed E-state index contributed by atoms with van der Waals surface area (Å²) in [4.78, 5) is 11.6. The topological polar surface area (TPSA) is 58.6 Å². The first-order valence-electron chi connectivity index (χ1n) is 7.46. The Kier molecular flexibility index (Phi) is 6.85. The summed E-state index contributed by atoms with van der Waals surface area (Å²) in [7, 11) is 1.37. The minimum Gasteiger partial charge on any atom is -0.469 e.